The maximum atomic E-state index is 12.4. The molecule has 0 aromatic heterocycles. The third-order valence-corrected chi connectivity index (χ3v) is 5.59. The van der Waals surface area contributed by atoms with Crippen LogP contribution in [0.25, 0.3) is 0 Å². The lowest BCUT2D eigenvalue weighted by Gasteiger charge is -2.29. The molecular formula is C23H28O4. The quantitative estimate of drug-likeness (QED) is 0.715. The average Bonchev–Trinajstić information content (AvgIpc) is 2.63. The van der Waals surface area contributed by atoms with E-state index in [2.05, 4.69) is 0 Å². The summed E-state index contributed by atoms with van der Waals surface area (Å²) in [6, 6.07) is 12.7. The van der Waals surface area contributed by atoms with Crippen molar-refractivity contribution in [3.8, 4) is 11.5 Å². The van der Waals surface area contributed by atoms with E-state index in [4.69, 9.17) is 4.74 Å². The largest absolute Gasteiger partial charge is 0.508 e. The molecule has 1 atom stereocenters. The number of phenolic OH excluding ortho intramolecular Hbond substituents is 2. The van der Waals surface area contributed by atoms with Crippen molar-refractivity contribution < 1.29 is 19.7 Å². The molecule has 4 nitrogen and oxygen atoms in total. The van der Waals surface area contributed by atoms with Crippen molar-refractivity contribution in [1.82, 2.24) is 0 Å². The Morgan fingerprint density at radius 3 is 2.30 bits per heavy atom. The minimum absolute atomic E-state index is 0.000945. The summed E-state index contributed by atoms with van der Waals surface area (Å²) in [4.78, 5) is 12.4. The highest BCUT2D eigenvalue weighted by molar-refractivity contribution is 5.71. The predicted molar refractivity (Wildman–Crippen MR) is 105 cm³/mol. The third kappa shape index (κ3) is 5.03. The lowest BCUT2D eigenvalue weighted by molar-refractivity contribution is -0.151. The number of benzene rings is 2. The van der Waals surface area contributed by atoms with E-state index in [0.29, 0.717) is 18.1 Å². The number of esters is 1. The van der Waals surface area contributed by atoms with E-state index in [1.165, 1.54) is 5.56 Å². The number of phenols is 2. The fraction of sp³-hybridized carbons (Fsp3) is 0.435. The summed E-state index contributed by atoms with van der Waals surface area (Å²) < 4.78 is 5.72. The molecule has 0 bridgehead atoms. The number of aromatic hydroxyl groups is 2. The SMILES string of the molecule is Cc1cc(O)ccc1C(C)CC(=O)OC1CCC(c2ccc(O)cc2)CC1. The van der Waals surface area contributed by atoms with Crippen LogP contribution in [0.15, 0.2) is 42.5 Å². The second kappa shape index (κ2) is 8.47. The van der Waals surface area contributed by atoms with Crippen LogP contribution in [0.5, 0.6) is 11.5 Å². The standard InChI is InChI=1S/C23H28O4/c1-15-13-20(25)9-12-22(15)16(2)14-23(26)27-21-10-5-18(6-11-21)17-3-7-19(24)8-4-17/h3-4,7-9,12-13,16,18,21,24-25H,5-6,10-11,14H2,1-2H3. The van der Waals surface area contributed by atoms with E-state index >= 15 is 0 Å². The summed E-state index contributed by atoms with van der Waals surface area (Å²) in [6.07, 6.45) is 4.10. The minimum Gasteiger partial charge on any atom is -0.508 e. The van der Waals surface area contributed by atoms with Crippen LogP contribution in [0.1, 0.15) is 67.6 Å². The maximum Gasteiger partial charge on any atom is 0.306 e. The molecule has 3 rings (SSSR count). The molecule has 0 heterocycles. The molecule has 1 fully saturated rings. The molecule has 1 saturated carbocycles. The first kappa shape index (κ1) is 19.3. The summed E-state index contributed by atoms with van der Waals surface area (Å²) in [6.45, 7) is 3.96. The summed E-state index contributed by atoms with van der Waals surface area (Å²) in [7, 11) is 0. The topological polar surface area (TPSA) is 66.8 Å². The zero-order valence-corrected chi connectivity index (χ0v) is 16.0. The maximum absolute atomic E-state index is 12.4. The van der Waals surface area contributed by atoms with Crippen LogP contribution in [0, 0.1) is 6.92 Å². The molecule has 0 saturated heterocycles. The number of rotatable bonds is 5. The van der Waals surface area contributed by atoms with Gasteiger partial charge in [-0.25, -0.2) is 0 Å². The summed E-state index contributed by atoms with van der Waals surface area (Å²) in [5.41, 5.74) is 3.31. The van der Waals surface area contributed by atoms with E-state index in [9.17, 15) is 15.0 Å². The number of ether oxygens (including phenoxy) is 1. The van der Waals surface area contributed by atoms with Crippen LogP contribution < -0.4 is 0 Å². The Balaban J connectivity index is 1.48. The fourth-order valence-electron chi connectivity index (χ4n) is 4.07. The van der Waals surface area contributed by atoms with Crippen LogP contribution in [-0.2, 0) is 9.53 Å². The second-order valence-corrected chi connectivity index (χ2v) is 7.70. The molecule has 1 aliphatic carbocycles. The van der Waals surface area contributed by atoms with Crippen LogP contribution in [0.4, 0.5) is 0 Å². The Morgan fingerprint density at radius 1 is 1.04 bits per heavy atom. The Bertz CT molecular complexity index is 773. The van der Waals surface area contributed by atoms with Gasteiger partial charge in [0.05, 0.1) is 6.42 Å². The first-order valence-corrected chi connectivity index (χ1v) is 9.70. The molecule has 27 heavy (non-hydrogen) atoms. The van der Waals surface area contributed by atoms with Gasteiger partial charge < -0.3 is 14.9 Å². The molecule has 4 heteroatoms. The number of carbonyl (C=O) groups is 1. The van der Waals surface area contributed by atoms with Gasteiger partial charge in [-0.15, -0.1) is 0 Å². The van der Waals surface area contributed by atoms with E-state index in [-0.39, 0.29) is 23.7 Å². The highest BCUT2D eigenvalue weighted by Gasteiger charge is 2.25. The molecule has 1 unspecified atom stereocenters. The Morgan fingerprint density at radius 2 is 1.67 bits per heavy atom. The molecule has 2 N–H and O–H groups in total. The van der Waals surface area contributed by atoms with Gasteiger partial charge in [0, 0.05) is 0 Å². The normalized spacial score (nSPS) is 20.8. The zero-order valence-electron chi connectivity index (χ0n) is 16.0. The molecule has 0 radical (unpaired) electrons. The van der Waals surface area contributed by atoms with Crippen molar-refractivity contribution in [3.05, 3.63) is 59.2 Å². The van der Waals surface area contributed by atoms with Crippen molar-refractivity contribution in [2.45, 2.75) is 63.9 Å². The molecule has 2 aromatic carbocycles. The average molecular weight is 368 g/mol. The van der Waals surface area contributed by atoms with Gasteiger partial charge in [-0.05, 0) is 85.4 Å². The number of hydrogen-bond donors (Lipinski definition) is 2. The van der Waals surface area contributed by atoms with Crippen molar-refractivity contribution in [3.63, 3.8) is 0 Å². The van der Waals surface area contributed by atoms with E-state index in [0.717, 1.165) is 36.8 Å². The lowest BCUT2D eigenvalue weighted by atomic mass is 9.82. The third-order valence-electron chi connectivity index (χ3n) is 5.59. The zero-order chi connectivity index (χ0) is 19.4. The summed E-state index contributed by atoms with van der Waals surface area (Å²) >= 11 is 0. The van der Waals surface area contributed by atoms with Crippen LogP contribution in [0.3, 0.4) is 0 Å². The molecule has 0 aliphatic heterocycles. The van der Waals surface area contributed by atoms with E-state index in [1.54, 1.807) is 24.3 Å². The van der Waals surface area contributed by atoms with Crippen molar-refractivity contribution in [2.75, 3.05) is 0 Å². The van der Waals surface area contributed by atoms with Gasteiger partial charge in [-0.3, -0.25) is 4.79 Å². The van der Waals surface area contributed by atoms with Gasteiger partial charge in [-0.2, -0.15) is 0 Å². The van der Waals surface area contributed by atoms with Gasteiger partial charge in [0.1, 0.15) is 17.6 Å². The minimum atomic E-state index is -0.150. The van der Waals surface area contributed by atoms with E-state index in [1.807, 2.05) is 32.0 Å². The van der Waals surface area contributed by atoms with Gasteiger partial charge in [0.25, 0.3) is 0 Å². The van der Waals surface area contributed by atoms with Gasteiger partial charge in [-0.1, -0.05) is 25.1 Å². The molecule has 1 aliphatic rings. The first-order valence-electron chi connectivity index (χ1n) is 9.70. The molecule has 0 amide bonds. The van der Waals surface area contributed by atoms with Gasteiger partial charge in [0.2, 0.25) is 0 Å². The number of hydrogen-bond acceptors (Lipinski definition) is 4. The number of carbonyl (C=O) groups excluding carboxylic acids is 1. The number of aryl methyl sites for hydroxylation is 1. The second-order valence-electron chi connectivity index (χ2n) is 7.70. The lowest BCUT2D eigenvalue weighted by Crippen LogP contribution is -2.24. The molecule has 144 valence electrons. The van der Waals surface area contributed by atoms with Crippen molar-refractivity contribution >= 4 is 5.97 Å². The molecular weight excluding hydrogens is 340 g/mol. The van der Waals surface area contributed by atoms with E-state index < -0.39 is 0 Å². The Labute approximate surface area is 160 Å². The monoisotopic (exact) mass is 368 g/mol. The van der Waals surface area contributed by atoms with Gasteiger partial charge in [0.15, 0.2) is 0 Å². The highest BCUT2D eigenvalue weighted by Crippen LogP contribution is 2.35. The van der Waals surface area contributed by atoms with Crippen LogP contribution in [-0.4, -0.2) is 22.3 Å². The Hall–Kier alpha value is -2.49. The fourth-order valence-corrected chi connectivity index (χ4v) is 4.07. The van der Waals surface area contributed by atoms with Crippen LogP contribution >= 0.6 is 0 Å². The highest BCUT2D eigenvalue weighted by atomic mass is 16.5. The van der Waals surface area contributed by atoms with Gasteiger partial charge >= 0.3 is 5.97 Å². The smallest absolute Gasteiger partial charge is 0.306 e. The predicted octanol–water partition coefficient (Wildman–Crippen LogP) is 5.17. The Kier molecular flexibility index (Phi) is 6.04. The van der Waals surface area contributed by atoms with Crippen molar-refractivity contribution in [1.29, 1.82) is 0 Å². The summed E-state index contributed by atoms with van der Waals surface area (Å²) in [5, 5.41) is 18.9. The molecule has 0 spiro atoms. The molecule has 2 aromatic rings. The van der Waals surface area contributed by atoms with Crippen LogP contribution in [0.2, 0.25) is 0 Å². The van der Waals surface area contributed by atoms with Crippen molar-refractivity contribution in [2.24, 2.45) is 0 Å². The summed E-state index contributed by atoms with van der Waals surface area (Å²) in [5.74, 6) is 0.921. The first-order chi connectivity index (χ1) is 12.9.